The fourth-order valence-corrected chi connectivity index (χ4v) is 12.5. The number of amides is 9. The summed E-state index contributed by atoms with van der Waals surface area (Å²) in [7, 11) is 4.62. The summed E-state index contributed by atoms with van der Waals surface area (Å²) in [6.07, 6.45) is 2.82. The second-order valence-corrected chi connectivity index (χ2v) is 27.4. The van der Waals surface area contributed by atoms with Crippen LogP contribution in [0.3, 0.4) is 0 Å². The Morgan fingerprint density at radius 2 is 0.695 bits per heavy atom. The molecule has 5 aromatic carbocycles. The van der Waals surface area contributed by atoms with Gasteiger partial charge in [0.15, 0.2) is 0 Å². The number of nitrogens with zero attached hydrogens (tertiary/aromatic N) is 6. The first kappa shape index (κ1) is 116. The summed E-state index contributed by atoms with van der Waals surface area (Å²) in [6, 6.07) is 47.0. The highest BCUT2D eigenvalue weighted by molar-refractivity contribution is 9.09. The number of aliphatic hydroxyl groups excluding tert-OH is 3. The third-order valence-corrected chi connectivity index (χ3v) is 19.1. The van der Waals surface area contributed by atoms with E-state index >= 15 is 0 Å². The minimum absolute atomic E-state index is 0. The molecule has 13 rings (SSSR count). The van der Waals surface area contributed by atoms with Gasteiger partial charge >= 0.3 is 0 Å². The molecule has 666 valence electrons. The van der Waals surface area contributed by atoms with Crippen molar-refractivity contribution in [3.05, 3.63) is 179 Å². The van der Waals surface area contributed by atoms with Crippen molar-refractivity contribution in [2.45, 2.75) is 116 Å². The van der Waals surface area contributed by atoms with E-state index in [9.17, 15) is 48.3 Å². The predicted molar refractivity (Wildman–Crippen MR) is 492 cm³/mol. The summed E-state index contributed by atoms with van der Waals surface area (Å²) in [6.45, 7) is 16.9. The molecule has 29 nitrogen and oxygen atoms in total. The summed E-state index contributed by atoms with van der Waals surface area (Å²) in [5.41, 5.74) is 5.55. The van der Waals surface area contributed by atoms with Crippen LogP contribution < -0.4 is 22.3 Å². The number of hydrogen-bond acceptors (Lipinski definition) is 21. The van der Waals surface area contributed by atoms with Crippen LogP contribution in [0.2, 0.25) is 0 Å². The molecule has 0 unspecified atom stereocenters. The van der Waals surface area contributed by atoms with E-state index in [-0.39, 0.29) is 185 Å². The fourth-order valence-electron chi connectivity index (χ4n) is 12.2. The maximum atomic E-state index is 12.2. The topological polar surface area (TPSA) is 374 Å². The van der Waals surface area contributed by atoms with Gasteiger partial charge in [0.1, 0.15) is 30.5 Å². The van der Waals surface area contributed by atoms with E-state index < -0.39 is 18.3 Å². The largest absolute Gasteiger partial charge is 0.395 e. The Balaban J connectivity index is -0.00000129. The van der Waals surface area contributed by atoms with Crippen molar-refractivity contribution in [3.8, 4) is 0 Å². The zero-order valence-corrected chi connectivity index (χ0v) is 76.8. The number of hydrogen-bond donors (Lipinski definition) is 7. The van der Waals surface area contributed by atoms with Gasteiger partial charge in [-0.2, -0.15) is 94.5 Å². The third-order valence-electron chi connectivity index (χ3n) is 18.8. The van der Waals surface area contributed by atoms with Gasteiger partial charge in [-0.05, 0) is 60.1 Å². The number of fused-ring (bicyclic) bond motifs is 1. The van der Waals surface area contributed by atoms with Crippen LogP contribution in [0.1, 0.15) is 102 Å². The Morgan fingerprint density at radius 1 is 0.373 bits per heavy atom. The van der Waals surface area contributed by atoms with Gasteiger partial charge in [-0.15, -0.1) is 0 Å². The highest BCUT2D eigenvalue weighted by Crippen LogP contribution is 2.24. The average molecular weight is 1850 g/mol. The SMILES string of the molecule is BrCCOCc1ccccc1.CO[C@H]1CCN(CCN2C(=O)c3ccccc3C2=O)C1=O.CO[C@H]1CCN(CCO)C1=O.CO[C@H]1CCN(CCOCc2ccccc2)C1=O.C[C@H]1CCN(CCOCc2ccccc2)C1=O.C[C@H]1CCNC1=O.NN.O=C1NCC[C@@H]1O.O=C1[C@@H](O)CCN1CCOCc1ccccc1.S.S.S.S.S.S.S. The summed E-state index contributed by atoms with van der Waals surface area (Å²) in [4.78, 5) is 113. The lowest BCUT2D eigenvalue weighted by Crippen LogP contribution is -2.40. The molecular weight excluding hydrogens is 1720 g/mol. The molecule has 8 aliphatic rings. The molecule has 0 aliphatic carbocycles. The van der Waals surface area contributed by atoms with Crippen molar-refractivity contribution in [2.24, 2.45) is 23.5 Å². The van der Waals surface area contributed by atoms with Crippen LogP contribution in [0.15, 0.2) is 146 Å². The molecule has 9 N–H and O–H groups in total. The number of rotatable bonds is 27. The molecule has 0 aromatic heterocycles. The average Bonchev–Trinajstić information content (AvgIpc) is 1.64. The number of carbonyl (C=O) groups is 9. The molecule has 37 heteroatoms. The number of aliphatic hydroxyl groups is 3. The molecule has 0 radical (unpaired) electrons. The number of carbonyl (C=O) groups excluding carboxylic acids is 9. The van der Waals surface area contributed by atoms with Gasteiger partial charge in [0.05, 0.1) is 70.6 Å². The number of alkyl halides is 1. The summed E-state index contributed by atoms with van der Waals surface area (Å²) < 4.78 is 37.1. The van der Waals surface area contributed by atoms with E-state index in [1.54, 1.807) is 51.0 Å². The summed E-state index contributed by atoms with van der Waals surface area (Å²) in [5, 5.41) is 32.5. The minimum Gasteiger partial charge on any atom is -0.395 e. The molecule has 5 aromatic rings. The van der Waals surface area contributed by atoms with Gasteiger partial charge < -0.3 is 83.6 Å². The minimum atomic E-state index is -0.802. The van der Waals surface area contributed by atoms with Gasteiger partial charge in [0.2, 0.25) is 17.7 Å². The van der Waals surface area contributed by atoms with Crippen molar-refractivity contribution in [1.82, 2.24) is 40.0 Å². The van der Waals surface area contributed by atoms with Crippen molar-refractivity contribution < 1.29 is 91.6 Å². The van der Waals surface area contributed by atoms with Crippen LogP contribution in [-0.2, 0) is 93.1 Å². The first-order chi connectivity index (χ1) is 53.8. The standard InChI is InChI=1S/C15H16N2O4.C14H19NO3.C14H19NO2.C13H17NO3.C9H11BrO.C7H13NO3.C5H9NO.C4H7NO2.H4N2.7H2S/c1-21-12-6-7-16(15(12)20)8-9-17-13(18)10-4-2-3-5-11(10)14(17)19;1-17-13-7-8-15(14(13)16)9-10-18-11-12-5-3-2-4-6-12;1-12-7-8-15(14(12)16)9-10-17-11-13-5-3-2-4-6-13;15-12-6-7-14(13(12)16)8-9-17-10-11-4-2-1-3-5-11;10-6-7-11-8-9-4-2-1-3-5-9;1-11-6-2-3-8(4-5-9)7(6)10;1-4-2-3-6-5(4)7;6-3-1-2-5-4(3)7;1-2;;;;;;;/h2-5,12H,6-9H2,1H3;2-6,13H,7-11H2,1H3;2-6,12H,7-11H2,1H3;1-5,12,15H,6-10H2;1-5H,6-8H2;6,9H,2-5H2,1H3;4H,2-3H2,1H3,(H,6,7);3,6H,1-2H2,(H,5,7);1-2H2;7*1H2/t12-;13-;2*12-;;6-;4-;3-;;;;;;;;/m0000.000......../s1. The predicted octanol–water partition coefficient (Wildman–Crippen LogP) is 5.29. The Hall–Kier alpha value is -6.02. The van der Waals surface area contributed by atoms with Crippen LogP contribution in [0.5, 0.6) is 0 Å². The number of imide groups is 1. The Bertz CT molecular complexity index is 3450. The van der Waals surface area contributed by atoms with Crippen molar-refractivity contribution in [1.29, 1.82) is 0 Å². The normalized spacial score (nSPS) is 19.4. The molecule has 0 spiro atoms. The lowest BCUT2D eigenvalue weighted by Gasteiger charge is -2.20. The van der Waals surface area contributed by atoms with Crippen LogP contribution in [0.4, 0.5) is 0 Å². The quantitative estimate of drug-likeness (QED) is 0.0115. The van der Waals surface area contributed by atoms with E-state index in [1.165, 1.54) is 30.2 Å². The van der Waals surface area contributed by atoms with Gasteiger partial charge in [-0.1, -0.05) is 163 Å². The van der Waals surface area contributed by atoms with Crippen LogP contribution in [0, 0.1) is 11.8 Å². The van der Waals surface area contributed by atoms with Crippen molar-refractivity contribution >= 4 is 164 Å². The number of methoxy groups -OCH3 is 3. The lowest BCUT2D eigenvalue weighted by molar-refractivity contribution is -0.137. The molecule has 8 heterocycles. The molecular formula is C81H129BrN10O19S7. The second kappa shape index (κ2) is 67.5. The lowest BCUT2D eigenvalue weighted by atomic mass is 10.1. The first-order valence-electron chi connectivity index (χ1n) is 37.7. The van der Waals surface area contributed by atoms with Crippen LogP contribution in [-0.4, -0.2) is 273 Å². The number of benzene rings is 5. The zero-order chi connectivity index (χ0) is 80.7. The number of hydrazine groups is 1. The summed E-state index contributed by atoms with van der Waals surface area (Å²) >= 11 is 3.30. The Morgan fingerprint density at radius 3 is 0.966 bits per heavy atom. The van der Waals surface area contributed by atoms with E-state index in [0.717, 1.165) is 74.9 Å². The number of nitrogens with two attached hydrogens (primary N) is 2. The number of ether oxygens (including phenoxy) is 7. The number of likely N-dealkylation sites (tertiary alicyclic amines) is 5. The highest BCUT2D eigenvalue weighted by Gasteiger charge is 2.38. The molecule has 7 saturated heterocycles. The maximum Gasteiger partial charge on any atom is 0.261 e. The maximum absolute atomic E-state index is 12.2. The van der Waals surface area contributed by atoms with Gasteiger partial charge in [-0.25, -0.2) is 0 Å². The second-order valence-electron chi connectivity index (χ2n) is 26.6. The monoisotopic (exact) mass is 1850 g/mol. The smallest absolute Gasteiger partial charge is 0.261 e. The molecule has 7 fully saturated rings. The van der Waals surface area contributed by atoms with E-state index in [2.05, 4.69) is 50.4 Å². The number of β-amino-alcohol motifs (C(OH)–C–C–N with tert-alkyl or cyclic N) is 1. The van der Waals surface area contributed by atoms with Gasteiger partial charge in [0.25, 0.3) is 35.4 Å². The molecule has 9 amide bonds. The molecule has 118 heavy (non-hydrogen) atoms. The Labute approximate surface area is 752 Å². The van der Waals surface area contributed by atoms with E-state index in [0.29, 0.717) is 129 Å². The molecule has 0 bridgehead atoms. The number of nitrogens with one attached hydrogen (secondary N) is 2. The zero-order valence-electron chi connectivity index (χ0n) is 68.2. The highest BCUT2D eigenvalue weighted by atomic mass is 79.9. The molecule has 7 atom stereocenters. The summed E-state index contributed by atoms with van der Waals surface area (Å²) in [5.74, 6) is 7.97. The van der Waals surface area contributed by atoms with Crippen molar-refractivity contribution in [2.75, 3.05) is 145 Å². The van der Waals surface area contributed by atoms with Gasteiger partial charge in [0, 0.05) is 143 Å². The van der Waals surface area contributed by atoms with Crippen LogP contribution >= 0.6 is 110 Å². The van der Waals surface area contributed by atoms with Gasteiger partial charge in [-0.3, -0.25) is 59.7 Å². The van der Waals surface area contributed by atoms with E-state index in [1.807, 2.05) is 128 Å². The molecule has 0 saturated carbocycles. The number of halogens is 1. The third kappa shape index (κ3) is 41.2. The Kier molecular flexibility index (Phi) is 66.5. The van der Waals surface area contributed by atoms with E-state index in [4.69, 9.17) is 43.4 Å². The van der Waals surface area contributed by atoms with Crippen LogP contribution in [0.25, 0.3) is 0 Å². The molecule has 8 aliphatic heterocycles. The fraction of sp³-hybridized carbons (Fsp3) is 0.519. The van der Waals surface area contributed by atoms with Crippen molar-refractivity contribution in [3.63, 3.8) is 0 Å². The first-order valence-corrected chi connectivity index (χ1v) is 38.8.